The van der Waals surface area contributed by atoms with Crippen molar-refractivity contribution >= 4 is 0 Å². The second kappa shape index (κ2) is 8.06. The monoisotopic (exact) mass is 364 g/mol. The smallest absolute Gasteiger partial charge is 0.118 e. The van der Waals surface area contributed by atoms with Gasteiger partial charge in [0.15, 0.2) is 0 Å². The minimum atomic E-state index is -0.817. The van der Waals surface area contributed by atoms with Crippen molar-refractivity contribution in [2.24, 2.45) is 17.8 Å². The van der Waals surface area contributed by atoms with E-state index < -0.39 is 5.60 Å². The Morgan fingerprint density at radius 1 is 0.889 bits per heavy atom. The second-order valence-electron chi connectivity index (χ2n) is 8.63. The van der Waals surface area contributed by atoms with Gasteiger partial charge in [0.2, 0.25) is 0 Å². The molecule has 2 unspecified atom stereocenters. The molecular weight excluding hydrogens is 332 g/mol. The normalized spacial score (nSPS) is 27.4. The van der Waals surface area contributed by atoms with E-state index in [1.807, 2.05) is 18.2 Å². The molecule has 0 radical (unpaired) electrons. The van der Waals surface area contributed by atoms with E-state index >= 15 is 0 Å². The quantitative estimate of drug-likeness (QED) is 0.734. The summed E-state index contributed by atoms with van der Waals surface area (Å²) in [6.45, 7) is 0. The lowest BCUT2D eigenvalue weighted by atomic mass is 9.62. The molecule has 0 aromatic heterocycles. The van der Waals surface area contributed by atoms with Crippen molar-refractivity contribution in [3.8, 4) is 5.75 Å². The van der Waals surface area contributed by atoms with Crippen LogP contribution in [0.3, 0.4) is 0 Å². The summed E-state index contributed by atoms with van der Waals surface area (Å²) in [4.78, 5) is 0. The molecule has 0 saturated heterocycles. The first-order chi connectivity index (χ1) is 13.2. The lowest BCUT2D eigenvalue weighted by Gasteiger charge is -2.46. The zero-order valence-electron chi connectivity index (χ0n) is 16.4. The molecule has 27 heavy (non-hydrogen) atoms. The summed E-state index contributed by atoms with van der Waals surface area (Å²) in [7, 11) is 1.69. The third-order valence-electron chi connectivity index (χ3n) is 7.11. The average molecular weight is 365 g/mol. The highest BCUT2D eigenvalue weighted by Gasteiger charge is 2.44. The molecule has 2 nitrogen and oxygen atoms in total. The number of ether oxygens (including phenoxy) is 1. The highest BCUT2D eigenvalue weighted by atomic mass is 16.5. The number of hydrogen-bond acceptors (Lipinski definition) is 2. The number of fused-ring (bicyclic) bond motifs is 5. The van der Waals surface area contributed by atoms with Crippen LogP contribution in [0.4, 0.5) is 0 Å². The van der Waals surface area contributed by atoms with Gasteiger partial charge in [-0.1, -0.05) is 68.1 Å². The van der Waals surface area contributed by atoms with Gasteiger partial charge < -0.3 is 9.84 Å². The summed E-state index contributed by atoms with van der Waals surface area (Å²) in [5.41, 5.74) is 1.44. The number of benzene rings is 2. The second-order valence-corrected chi connectivity index (χ2v) is 8.63. The Bertz CT molecular complexity index is 713. The molecule has 0 aliphatic heterocycles. The maximum Gasteiger partial charge on any atom is 0.118 e. The first-order valence-electron chi connectivity index (χ1n) is 10.6. The molecule has 3 fully saturated rings. The minimum absolute atomic E-state index is 0.326. The van der Waals surface area contributed by atoms with Gasteiger partial charge in [-0.3, -0.25) is 0 Å². The van der Waals surface area contributed by atoms with Crippen LogP contribution in [-0.4, -0.2) is 12.2 Å². The molecular formula is C25H32O2. The summed E-state index contributed by atoms with van der Waals surface area (Å²) in [5, 5.41) is 12.2. The lowest BCUT2D eigenvalue weighted by molar-refractivity contribution is -0.0685. The molecule has 0 heterocycles. The van der Waals surface area contributed by atoms with Crippen molar-refractivity contribution < 1.29 is 9.84 Å². The molecule has 0 spiro atoms. The van der Waals surface area contributed by atoms with Gasteiger partial charge in [-0.05, 0) is 60.3 Å². The average Bonchev–Trinajstić information content (AvgIpc) is 2.69. The highest BCUT2D eigenvalue weighted by Crippen LogP contribution is 2.49. The van der Waals surface area contributed by atoms with E-state index in [-0.39, 0.29) is 0 Å². The number of methoxy groups -OCH3 is 1. The summed E-state index contributed by atoms with van der Waals surface area (Å²) in [6, 6.07) is 18.6. The summed E-state index contributed by atoms with van der Waals surface area (Å²) in [5.74, 6) is 2.74. The number of rotatable bonds is 5. The molecule has 5 rings (SSSR count). The highest BCUT2D eigenvalue weighted by molar-refractivity contribution is 5.33. The fourth-order valence-corrected chi connectivity index (χ4v) is 5.60. The molecule has 1 N–H and O–H groups in total. The molecule has 3 aliphatic carbocycles. The van der Waals surface area contributed by atoms with Crippen molar-refractivity contribution in [3.05, 3.63) is 65.7 Å². The Morgan fingerprint density at radius 2 is 1.59 bits per heavy atom. The van der Waals surface area contributed by atoms with Crippen LogP contribution in [0.15, 0.2) is 54.6 Å². The molecule has 3 aliphatic rings. The van der Waals surface area contributed by atoms with E-state index in [4.69, 9.17) is 4.74 Å². The van der Waals surface area contributed by atoms with E-state index in [1.54, 1.807) is 7.11 Å². The van der Waals surface area contributed by atoms with Crippen molar-refractivity contribution in [3.63, 3.8) is 0 Å². The first-order valence-corrected chi connectivity index (χ1v) is 10.6. The van der Waals surface area contributed by atoms with Crippen molar-refractivity contribution in [2.45, 2.75) is 57.0 Å². The maximum atomic E-state index is 12.2. The SMILES string of the molecule is COc1ccc(C(O)(Cc2ccccc2)C2CCCC3CCC2CC3)cc1. The van der Waals surface area contributed by atoms with E-state index in [2.05, 4.69) is 36.4 Å². The molecule has 3 saturated carbocycles. The minimum Gasteiger partial charge on any atom is -0.497 e. The van der Waals surface area contributed by atoms with Gasteiger partial charge >= 0.3 is 0 Å². The topological polar surface area (TPSA) is 29.5 Å². The van der Waals surface area contributed by atoms with E-state index in [0.717, 1.165) is 23.7 Å². The molecule has 2 bridgehead atoms. The molecule has 2 heteroatoms. The van der Waals surface area contributed by atoms with Crippen LogP contribution < -0.4 is 4.74 Å². The van der Waals surface area contributed by atoms with Crippen molar-refractivity contribution in [2.75, 3.05) is 7.11 Å². The van der Waals surface area contributed by atoms with Gasteiger partial charge in [-0.15, -0.1) is 0 Å². The Labute approximate surface area is 163 Å². The third kappa shape index (κ3) is 3.91. The van der Waals surface area contributed by atoms with Crippen LogP contribution >= 0.6 is 0 Å². The van der Waals surface area contributed by atoms with Crippen molar-refractivity contribution in [1.82, 2.24) is 0 Å². The van der Waals surface area contributed by atoms with Gasteiger partial charge in [0.25, 0.3) is 0 Å². The number of hydrogen-bond donors (Lipinski definition) is 1. The Hall–Kier alpha value is -1.80. The summed E-state index contributed by atoms with van der Waals surface area (Å²) >= 11 is 0. The summed E-state index contributed by atoms with van der Waals surface area (Å²) in [6.07, 6.45) is 9.68. The van der Waals surface area contributed by atoms with Crippen molar-refractivity contribution in [1.29, 1.82) is 0 Å². The molecule has 2 atom stereocenters. The van der Waals surface area contributed by atoms with Gasteiger partial charge in [0.1, 0.15) is 5.75 Å². The zero-order valence-corrected chi connectivity index (χ0v) is 16.4. The van der Waals surface area contributed by atoms with Crippen LogP contribution in [0.5, 0.6) is 5.75 Å². The van der Waals surface area contributed by atoms with E-state index in [0.29, 0.717) is 18.3 Å². The standard InChI is InChI=1S/C25H32O2/c1-27-23-16-14-22(15-17-23)25(26,18-20-6-3-2-4-7-20)24-9-5-8-19-10-12-21(24)13-11-19/h2-4,6-7,14-17,19,21,24,26H,5,8-13,18H2,1H3. The van der Waals surface area contributed by atoms with Crippen LogP contribution in [0.25, 0.3) is 0 Å². The molecule has 2 aromatic rings. The van der Waals surface area contributed by atoms with Gasteiger partial charge in [-0.25, -0.2) is 0 Å². The Balaban J connectivity index is 1.71. The predicted octanol–water partition coefficient (Wildman–Crippen LogP) is 5.73. The Morgan fingerprint density at radius 3 is 2.26 bits per heavy atom. The molecule has 2 aromatic carbocycles. The van der Waals surface area contributed by atoms with E-state index in [1.165, 1.54) is 44.1 Å². The fraction of sp³-hybridized carbons (Fsp3) is 0.520. The number of aliphatic hydroxyl groups is 1. The largest absolute Gasteiger partial charge is 0.497 e. The zero-order chi connectivity index (χ0) is 18.7. The summed E-state index contributed by atoms with van der Waals surface area (Å²) < 4.78 is 5.35. The molecule has 0 amide bonds. The third-order valence-corrected chi connectivity index (χ3v) is 7.11. The lowest BCUT2D eigenvalue weighted by Crippen LogP contribution is -2.43. The fourth-order valence-electron chi connectivity index (χ4n) is 5.60. The predicted molar refractivity (Wildman–Crippen MR) is 110 cm³/mol. The van der Waals surface area contributed by atoms with E-state index in [9.17, 15) is 5.11 Å². The van der Waals surface area contributed by atoms with Crippen LogP contribution in [0.1, 0.15) is 56.1 Å². The molecule has 144 valence electrons. The van der Waals surface area contributed by atoms with Gasteiger partial charge in [0.05, 0.1) is 12.7 Å². The van der Waals surface area contributed by atoms with Gasteiger partial charge in [-0.2, -0.15) is 0 Å². The Kier molecular flexibility index (Phi) is 5.54. The van der Waals surface area contributed by atoms with Gasteiger partial charge in [0, 0.05) is 6.42 Å². The van der Waals surface area contributed by atoms with Crippen LogP contribution in [-0.2, 0) is 12.0 Å². The van der Waals surface area contributed by atoms with Crippen LogP contribution in [0.2, 0.25) is 0 Å². The van der Waals surface area contributed by atoms with Crippen LogP contribution in [0, 0.1) is 17.8 Å². The first kappa shape index (κ1) is 18.6. The maximum absolute atomic E-state index is 12.2.